The lowest BCUT2D eigenvalue weighted by Gasteiger charge is -2.42. The molecule has 0 spiro atoms. The highest BCUT2D eigenvalue weighted by Crippen LogP contribution is 2.34. The molecule has 0 amide bonds. The molecule has 1 fully saturated rings. The van der Waals surface area contributed by atoms with E-state index in [1.54, 1.807) is 24.3 Å². The number of hydrogen-bond donors (Lipinski definition) is 3. The molecule has 1 aliphatic rings. The van der Waals surface area contributed by atoms with Gasteiger partial charge in [0.1, 0.15) is 31.0 Å². The number of aliphatic hydroxyl groups is 3. The summed E-state index contributed by atoms with van der Waals surface area (Å²) >= 11 is 0. The van der Waals surface area contributed by atoms with Gasteiger partial charge in [0, 0.05) is 13.8 Å². The molecule has 0 aromatic heterocycles. The lowest BCUT2D eigenvalue weighted by Crippen LogP contribution is -2.57. The third-order valence-electron chi connectivity index (χ3n) is 3.90. The van der Waals surface area contributed by atoms with Gasteiger partial charge in [0.2, 0.25) is 0 Å². The Kier molecular flexibility index (Phi) is 6.49. The van der Waals surface area contributed by atoms with E-state index < -0.39 is 42.5 Å². The van der Waals surface area contributed by atoms with Crippen LogP contribution >= 0.6 is 0 Å². The van der Waals surface area contributed by atoms with Gasteiger partial charge < -0.3 is 29.5 Å². The smallest absolute Gasteiger partial charge is 0.303 e. The van der Waals surface area contributed by atoms with Crippen LogP contribution in [0.2, 0.25) is 0 Å². The van der Waals surface area contributed by atoms with Crippen molar-refractivity contribution in [1.29, 1.82) is 0 Å². The lowest BCUT2D eigenvalue weighted by molar-refractivity contribution is -0.242. The zero-order chi connectivity index (χ0) is 18.6. The molecule has 25 heavy (non-hydrogen) atoms. The van der Waals surface area contributed by atoms with E-state index in [2.05, 4.69) is 0 Å². The Hall–Kier alpha value is -2.00. The minimum atomic E-state index is -1.43. The Morgan fingerprint density at radius 3 is 2.48 bits per heavy atom. The summed E-state index contributed by atoms with van der Waals surface area (Å²) in [4.78, 5) is 22.3. The number of esters is 2. The molecule has 0 aliphatic carbocycles. The molecule has 1 aromatic rings. The minimum absolute atomic E-state index is 0.188. The number of carbonyl (C=O) groups excluding carboxylic acids is 2. The number of hydrogen-bond acceptors (Lipinski definition) is 8. The molecule has 3 N–H and O–H groups in total. The molecule has 0 radical (unpaired) electrons. The summed E-state index contributed by atoms with van der Waals surface area (Å²) in [6.45, 7) is 1.95. The molecule has 0 bridgehead atoms. The van der Waals surface area contributed by atoms with Gasteiger partial charge in [-0.25, -0.2) is 0 Å². The van der Waals surface area contributed by atoms with Crippen LogP contribution < -0.4 is 0 Å². The molecule has 1 heterocycles. The quantitative estimate of drug-likeness (QED) is 0.623. The van der Waals surface area contributed by atoms with Gasteiger partial charge in [0.15, 0.2) is 6.10 Å². The maximum absolute atomic E-state index is 11.3. The van der Waals surface area contributed by atoms with Gasteiger partial charge >= 0.3 is 11.9 Å². The van der Waals surface area contributed by atoms with E-state index in [0.717, 1.165) is 0 Å². The Balaban J connectivity index is 2.27. The van der Waals surface area contributed by atoms with Crippen molar-refractivity contribution in [2.75, 3.05) is 6.61 Å². The molecule has 138 valence electrons. The van der Waals surface area contributed by atoms with Crippen molar-refractivity contribution < 1.29 is 39.1 Å². The molecule has 0 saturated carbocycles. The molecule has 8 nitrogen and oxygen atoms in total. The molecule has 8 heteroatoms. The summed E-state index contributed by atoms with van der Waals surface area (Å²) in [7, 11) is 0. The molecule has 1 aromatic carbocycles. The second-order valence-corrected chi connectivity index (χ2v) is 5.86. The monoisotopic (exact) mass is 354 g/mol. The highest BCUT2D eigenvalue weighted by atomic mass is 16.6. The Bertz CT molecular complexity index is 616. The van der Waals surface area contributed by atoms with Crippen molar-refractivity contribution in [3.05, 3.63) is 35.4 Å². The normalized spacial score (nSPS) is 29.1. The maximum atomic E-state index is 11.3. The Morgan fingerprint density at radius 1 is 1.16 bits per heavy atom. The zero-order valence-corrected chi connectivity index (χ0v) is 14.0. The number of carbonyl (C=O) groups is 2. The van der Waals surface area contributed by atoms with E-state index in [1.165, 1.54) is 13.8 Å². The number of benzene rings is 1. The van der Waals surface area contributed by atoms with Crippen LogP contribution in [0, 0.1) is 0 Å². The van der Waals surface area contributed by atoms with Crippen LogP contribution in [0.1, 0.15) is 31.1 Å². The Labute approximate surface area is 144 Å². The second kappa shape index (κ2) is 8.39. The van der Waals surface area contributed by atoms with Crippen molar-refractivity contribution in [2.24, 2.45) is 0 Å². The van der Waals surface area contributed by atoms with Gasteiger partial charge in [-0.05, 0) is 11.1 Å². The van der Waals surface area contributed by atoms with E-state index in [1.807, 2.05) is 0 Å². The zero-order valence-electron chi connectivity index (χ0n) is 14.0. The van der Waals surface area contributed by atoms with Crippen molar-refractivity contribution in [1.82, 2.24) is 0 Å². The first-order valence-electron chi connectivity index (χ1n) is 7.85. The van der Waals surface area contributed by atoms with Gasteiger partial charge in [0.25, 0.3) is 0 Å². The van der Waals surface area contributed by atoms with E-state index in [-0.39, 0.29) is 13.2 Å². The number of ether oxygens (including phenoxy) is 3. The maximum Gasteiger partial charge on any atom is 0.303 e. The SMILES string of the molecule is CC(=O)OC[C@H]1O[C@H](c2cccc(CO)c2)[C@@H](O)[C@@H](O)[C@H]1OC(C)=O. The van der Waals surface area contributed by atoms with E-state index in [4.69, 9.17) is 14.2 Å². The van der Waals surface area contributed by atoms with Crippen LogP contribution in [0.25, 0.3) is 0 Å². The number of rotatable bonds is 5. The molecule has 1 saturated heterocycles. The molecule has 2 rings (SSSR count). The largest absolute Gasteiger partial charge is 0.463 e. The van der Waals surface area contributed by atoms with Gasteiger partial charge in [0.05, 0.1) is 6.61 Å². The van der Waals surface area contributed by atoms with Crippen molar-refractivity contribution in [2.45, 2.75) is 51.0 Å². The van der Waals surface area contributed by atoms with E-state index in [0.29, 0.717) is 11.1 Å². The van der Waals surface area contributed by atoms with Crippen molar-refractivity contribution in [3.8, 4) is 0 Å². The highest BCUT2D eigenvalue weighted by Gasteiger charge is 2.47. The average Bonchev–Trinajstić information content (AvgIpc) is 2.58. The van der Waals surface area contributed by atoms with Crippen LogP contribution in [0.4, 0.5) is 0 Å². The van der Waals surface area contributed by atoms with Gasteiger partial charge in [-0.2, -0.15) is 0 Å². The first-order chi connectivity index (χ1) is 11.8. The summed E-state index contributed by atoms with van der Waals surface area (Å²) < 4.78 is 15.7. The summed E-state index contributed by atoms with van der Waals surface area (Å²) in [6, 6.07) is 6.69. The van der Waals surface area contributed by atoms with Gasteiger partial charge in [-0.1, -0.05) is 24.3 Å². The van der Waals surface area contributed by atoms with Crippen molar-refractivity contribution in [3.63, 3.8) is 0 Å². The molecule has 1 aliphatic heterocycles. The van der Waals surface area contributed by atoms with Gasteiger partial charge in [-0.15, -0.1) is 0 Å². The van der Waals surface area contributed by atoms with Crippen LogP contribution in [0.15, 0.2) is 24.3 Å². The fourth-order valence-corrected chi connectivity index (χ4v) is 2.75. The fourth-order valence-electron chi connectivity index (χ4n) is 2.75. The van der Waals surface area contributed by atoms with E-state index in [9.17, 15) is 24.9 Å². The molecular formula is C17H22O8. The summed E-state index contributed by atoms with van der Waals surface area (Å²) in [5, 5.41) is 30.0. The number of aliphatic hydroxyl groups excluding tert-OH is 3. The first kappa shape index (κ1) is 19.3. The first-order valence-corrected chi connectivity index (χ1v) is 7.85. The summed E-state index contributed by atoms with van der Waals surface area (Å²) in [5.74, 6) is -1.21. The standard InChI is InChI=1S/C17H22O8/c1-9(19)23-8-13-17(24-10(2)20)15(22)14(21)16(25-13)12-5-3-4-11(6-12)7-18/h3-6,13-18,21-22H,7-8H2,1-2H3/t13-,14+,15-,16-,17+/m1/s1. The molecule has 0 unspecified atom stereocenters. The molecule has 5 atom stereocenters. The predicted molar refractivity (Wildman–Crippen MR) is 84.2 cm³/mol. The summed E-state index contributed by atoms with van der Waals surface area (Å²) in [6.07, 6.45) is -5.86. The van der Waals surface area contributed by atoms with Crippen LogP contribution in [0.5, 0.6) is 0 Å². The van der Waals surface area contributed by atoms with Gasteiger partial charge in [-0.3, -0.25) is 9.59 Å². The third kappa shape index (κ3) is 4.76. The van der Waals surface area contributed by atoms with Crippen LogP contribution in [0.3, 0.4) is 0 Å². The van der Waals surface area contributed by atoms with E-state index >= 15 is 0 Å². The highest BCUT2D eigenvalue weighted by molar-refractivity contribution is 5.66. The minimum Gasteiger partial charge on any atom is -0.463 e. The Morgan fingerprint density at radius 2 is 1.88 bits per heavy atom. The molecular weight excluding hydrogens is 332 g/mol. The second-order valence-electron chi connectivity index (χ2n) is 5.86. The van der Waals surface area contributed by atoms with Crippen LogP contribution in [-0.2, 0) is 30.4 Å². The lowest BCUT2D eigenvalue weighted by atomic mass is 9.90. The van der Waals surface area contributed by atoms with Crippen LogP contribution in [-0.4, -0.2) is 58.3 Å². The third-order valence-corrected chi connectivity index (χ3v) is 3.90. The summed E-state index contributed by atoms with van der Waals surface area (Å²) in [5.41, 5.74) is 1.15. The van der Waals surface area contributed by atoms with Crippen molar-refractivity contribution >= 4 is 11.9 Å². The average molecular weight is 354 g/mol. The fraction of sp³-hybridized carbons (Fsp3) is 0.529. The topological polar surface area (TPSA) is 123 Å². The predicted octanol–water partition coefficient (Wildman–Crippen LogP) is -0.165.